The molecule has 1 saturated heterocycles. The standard InChI is InChI=1S/C27H31N5O/c1-20-24-13-8-16-32(19-23-12-5-6-14-28-23)27(24)30-26(29-20)22-11-7-15-31(18-22)25(33)17-21-9-3-2-4-10-21/h2-6,9-10,12,14,22H,7-8,11,13,15-19H2,1H3/t22-/m1/s1. The molecule has 4 heterocycles. The molecule has 5 rings (SSSR count). The number of likely N-dealkylation sites (tertiary alicyclic amines) is 1. The molecule has 1 amide bonds. The van der Waals surface area contributed by atoms with Crippen molar-refractivity contribution in [1.29, 1.82) is 0 Å². The number of hydrogen-bond donors (Lipinski definition) is 0. The lowest BCUT2D eigenvalue weighted by Crippen LogP contribution is -2.40. The fourth-order valence-corrected chi connectivity index (χ4v) is 5.03. The van der Waals surface area contributed by atoms with Crippen LogP contribution in [0, 0.1) is 6.92 Å². The zero-order chi connectivity index (χ0) is 22.6. The highest BCUT2D eigenvalue weighted by atomic mass is 16.2. The van der Waals surface area contributed by atoms with E-state index >= 15 is 0 Å². The van der Waals surface area contributed by atoms with Gasteiger partial charge in [-0.3, -0.25) is 9.78 Å². The van der Waals surface area contributed by atoms with E-state index in [0.29, 0.717) is 13.0 Å². The summed E-state index contributed by atoms with van der Waals surface area (Å²) in [4.78, 5) is 31.9. The second kappa shape index (κ2) is 9.69. The summed E-state index contributed by atoms with van der Waals surface area (Å²) in [5.41, 5.74) is 4.45. The Morgan fingerprint density at radius 1 is 1.03 bits per heavy atom. The highest BCUT2D eigenvalue weighted by Gasteiger charge is 2.29. The summed E-state index contributed by atoms with van der Waals surface area (Å²) in [5.74, 6) is 2.32. The minimum atomic E-state index is 0.182. The van der Waals surface area contributed by atoms with Crippen molar-refractivity contribution in [3.05, 3.63) is 83.1 Å². The molecular formula is C27H31N5O. The predicted molar refractivity (Wildman–Crippen MR) is 129 cm³/mol. The number of carbonyl (C=O) groups excluding carboxylic acids is 1. The Hall–Kier alpha value is -3.28. The van der Waals surface area contributed by atoms with Crippen LogP contribution >= 0.6 is 0 Å². The fourth-order valence-electron chi connectivity index (χ4n) is 5.03. The van der Waals surface area contributed by atoms with Crippen LogP contribution in [-0.2, 0) is 24.2 Å². The van der Waals surface area contributed by atoms with Crippen LogP contribution in [0.25, 0.3) is 0 Å². The Labute approximate surface area is 195 Å². The number of amides is 1. The van der Waals surface area contributed by atoms with Gasteiger partial charge in [0.2, 0.25) is 5.91 Å². The predicted octanol–water partition coefficient (Wildman–Crippen LogP) is 4.08. The third kappa shape index (κ3) is 4.90. The topological polar surface area (TPSA) is 62.2 Å². The van der Waals surface area contributed by atoms with Gasteiger partial charge in [0.1, 0.15) is 11.6 Å². The zero-order valence-electron chi connectivity index (χ0n) is 19.3. The first-order chi connectivity index (χ1) is 16.2. The van der Waals surface area contributed by atoms with Crippen LogP contribution in [-0.4, -0.2) is 45.4 Å². The number of aryl methyl sites for hydroxylation is 1. The van der Waals surface area contributed by atoms with E-state index in [2.05, 4.69) is 22.9 Å². The van der Waals surface area contributed by atoms with Gasteiger partial charge in [0.25, 0.3) is 0 Å². The maximum Gasteiger partial charge on any atom is 0.227 e. The lowest BCUT2D eigenvalue weighted by molar-refractivity contribution is -0.131. The maximum absolute atomic E-state index is 13.0. The highest BCUT2D eigenvalue weighted by Crippen LogP contribution is 2.32. The Balaban J connectivity index is 1.35. The van der Waals surface area contributed by atoms with Crippen molar-refractivity contribution in [3.63, 3.8) is 0 Å². The molecule has 0 radical (unpaired) electrons. The van der Waals surface area contributed by atoms with Crippen LogP contribution in [0.15, 0.2) is 54.7 Å². The monoisotopic (exact) mass is 441 g/mol. The first kappa shape index (κ1) is 21.6. The van der Waals surface area contributed by atoms with Gasteiger partial charge in [-0.2, -0.15) is 0 Å². The normalized spacial score (nSPS) is 18.2. The summed E-state index contributed by atoms with van der Waals surface area (Å²) in [6, 6.07) is 16.1. The molecule has 6 heteroatoms. The van der Waals surface area contributed by atoms with Crippen LogP contribution in [0.3, 0.4) is 0 Å². The third-order valence-electron chi connectivity index (χ3n) is 6.78. The van der Waals surface area contributed by atoms with Crippen molar-refractivity contribution in [2.45, 2.75) is 51.5 Å². The maximum atomic E-state index is 13.0. The summed E-state index contributed by atoms with van der Waals surface area (Å²) in [6.45, 7) is 5.36. The molecule has 3 aromatic rings. The van der Waals surface area contributed by atoms with E-state index in [1.807, 2.05) is 53.6 Å². The van der Waals surface area contributed by atoms with Crippen molar-refractivity contribution in [2.75, 3.05) is 24.5 Å². The molecule has 1 atom stereocenters. The van der Waals surface area contributed by atoms with E-state index in [1.54, 1.807) is 0 Å². The van der Waals surface area contributed by atoms with Gasteiger partial charge in [-0.1, -0.05) is 36.4 Å². The molecule has 0 N–H and O–H groups in total. The van der Waals surface area contributed by atoms with Gasteiger partial charge in [-0.05, 0) is 50.3 Å². The molecule has 2 aromatic heterocycles. The van der Waals surface area contributed by atoms with Gasteiger partial charge in [0.05, 0.1) is 18.7 Å². The van der Waals surface area contributed by atoms with Crippen molar-refractivity contribution < 1.29 is 4.79 Å². The van der Waals surface area contributed by atoms with Gasteiger partial charge in [-0.15, -0.1) is 0 Å². The summed E-state index contributed by atoms with van der Waals surface area (Å²) >= 11 is 0. The van der Waals surface area contributed by atoms with Gasteiger partial charge >= 0.3 is 0 Å². The number of benzene rings is 1. The number of fused-ring (bicyclic) bond motifs is 1. The van der Waals surface area contributed by atoms with Crippen molar-refractivity contribution in [3.8, 4) is 0 Å². The van der Waals surface area contributed by atoms with Crippen molar-refractivity contribution in [1.82, 2.24) is 19.9 Å². The molecule has 0 saturated carbocycles. The van der Waals surface area contributed by atoms with Crippen molar-refractivity contribution in [2.24, 2.45) is 0 Å². The molecule has 1 fully saturated rings. The number of nitrogens with zero attached hydrogens (tertiary/aromatic N) is 5. The molecule has 0 unspecified atom stereocenters. The molecule has 6 nitrogen and oxygen atoms in total. The average molecular weight is 442 g/mol. The fraction of sp³-hybridized carbons (Fsp3) is 0.407. The second-order valence-electron chi connectivity index (χ2n) is 9.16. The Bertz CT molecular complexity index is 1100. The molecule has 0 aliphatic carbocycles. The van der Waals surface area contributed by atoms with E-state index in [9.17, 15) is 4.79 Å². The first-order valence-corrected chi connectivity index (χ1v) is 12.0. The second-order valence-corrected chi connectivity index (χ2v) is 9.16. The van der Waals surface area contributed by atoms with Crippen LogP contribution in [0.4, 0.5) is 5.82 Å². The van der Waals surface area contributed by atoms with Crippen LogP contribution in [0.2, 0.25) is 0 Å². The molecule has 0 spiro atoms. The number of pyridine rings is 1. The lowest BCUT2D eigenvalue weighted by Gasteiger charge is -2.34. The van der Waals surface area contributed by atoms with E-state index in [0.717, 1.165) is 73.9 Å². The first-order valence-electron chi connectivity index (χ1n) is 12.0. The van der Waals surface area contributed by atoms with Gasteiger partial charge in [0, 0.05) is 43.0 Å². The molecule has 2 aliphatic heterocycles. The minimum Gasteiger partial charge on any atom is -0.350 e. The molecule has 1 aromatic carbocycles. The van der Waals surface area contributed by atoms with Crippen molar-refractivity contribution >= 4 is 11.7 Å². The van der Waals surface area contributed by atoms with E-state index in [1.165, 1.54) is 5.56 Å². The Morgan fingerprint density at radius 2 is 1.88 bits per heavy atom. The molecule has 33 heavy (non-hydrogen) atoms. The number of hydrogen-bond acceptors (Lipinski definition) is 5. The van der Waals surface area contributed by atoms with Crippen LogP contribution < -0.4 is 4.90 Å². The Kier molecular flexibility index (Phi) is 6.33. The summed E-state index contributed by atoms with van der Waals surface area (Å²) in [6.07, 6.45) is 6.44. The summed E-state index contributed by atoms with van der Waals surface area (Å²) in [5, 5.41) is 0. The molecular weight excluding hydrogens is 410 g/mol. The summed E-state index contributed by atoms with van der Waals surface area (Å²) in [7, 11) is 0. The molecule has 0 bridgehead atoms. The Morgan fingerprint density at radius 3 is 2.70 bits per heavy atom. The van der Waals surface area contributed by atoms with Crippen LogP contribution in [0.5, 0.6) is 0 Å². The number of carbonyl (C=O) groups is 1. The van der Waals surface area contributed by atoms with Gasteiger partial charge in [0.15, 0.2) is 0 Å². The molecule has 170 valence electrons. The number of aromatic nitrogens is 3. The highest BCUT2D eigenvalue weighted by molar-refractivity contribution is 5.79. The van der Waals surface area contributed by atoms with Gasteiger partial charge in [-0.25, -0.2) is 9.97 Å². The largest absolute Gasteiger partial charge is 0.350 e. The average Bonchev–Trinajstić information content (AvgIpc) is 2.86. The molecule has 2 aliphatic rings. The number of rotatable bonds is 5. The smallest absolute Gasteiger partial charge is 0.227 e. The minimum absolute atomic E-state index is 0.182. The van der Waals surface area contributed by atoms with E-state index < -0.39 is 0 Å². The van der Waals surface area contributed by atoms with Gasteiger partial charge < -0.3 is 9.80 Å². The third-order valence-corrected chi connectivity index (χ3v) is 6.78. The van der Waals surface area contributed by atoms with Crippen LogP contribution in [0.1, 0.15) is 53.5 Å². The zero-order valence-corrected chi connectivity index (χ0v) is 19.3. The van der Waals surface area contributed by atoms with E-state index in [-0.39, 0.29) is 11.8 Å². The quantitative estimate of drug-likeness (QED) is 0.597. The number of piperidine rings is 1. The summed E-state index contributed by atoms with van der Waals surface area (Å²) < 4.78 is 0. The SMILES string of the molecule is Cc1nc([C@@H]2CCCN(C(=O)Cc3ccccc3)C2)nc2c1CCCN2Cc1ccccn1. The van der Waals surface area contributed by atoms with E-state index in [4.69, 9.17) is 9.97 Å². The number of anilines is 1. The lowest BCUT2D eigenvalue weighted by atomic mass is 9.95.